The van der Waals surface area contributed by atoms with Crippen LogP contribution in [-0.2, 0) is 6.18 Å². The number of aromatic nitrogens is 1. The van der Waals surface area contributed by atoms with Crippen molar-refractivity contribution in [3.63, 3.8) is 0 Å². The molecule has 0 aliphatic rings. The summed E-state index contributed by atoms with van der Waals surface area (Å²) >= 11 is 3.28. The molecule has 0 aliphatic carbocycles. The van der Waals surface area contributed by atoms with Gasteiger partial charge in [-0.25, -0.2) is 4.39 Å². The summed E-state index contributed by atoms with van der Waals surface area (Å²) in [6, 6.07) is 8.38. The number of alkyl halides is 3. The average Bonchev–Trinajstić information content (AvgIpc) is 2.71. The van der Waals surface area contributed by atoms with E-state index in [4.69, 9.17) is 0 Å². The second-order valence-electron chi connectivity index (χ2n) is 4.71. The van der Waals surface area contributed by atoms with Crippen molar-refractivity contribution in [1.29, 1.82) is 0 Å². The molecule has 2 nitrogen and oxygen atoms in total. The van der Waals surface area contributed by atoms with Crippen molar-refractivity contribution in [1.82, 2.24) is 4.73 Å². The first-order chi connectivity index (χ1) is 10.3. The number of halogens is 5. The first-order valence-corrected chi connectivity index (χ1v) is 6.94. The van der Waals surface area contributed by atoms with Gasteiger partial charge in [-0.15, -0.1) is 0 Å². The molecule has 1 N–H and O–H groups in total. The normalized spacial score (nSPS) is 12.0. The molecule has 1 aromatic heterocycles. The summed E-state index contributed by atoms with van der Waals surface area (Å²) in [5, 5.41) is 10.6. The summed E-state index contributed by atoms with van der Waals surface area (Å²) in [7, 11) is 0. The van der Waals surface area contributed by atoms with E-state index in [0.717, 1.165) is 12.1 Å². The molecule has 114 valence electrons. The molecule has 0 radical (unpaired) electrons. The standard InChI is InChI=1S/C15H8BrF4NO/c16-13-11-6-3-9(15(18,19)20)7-12(11)21(22)14(13)8-1-4-10(17)5-2-8/h1-7,22H. The number of rotatable bonds is 1. The zero-order valence-corrected chi connectivity index (χ0v) is 12.4. The molecule has 0 amide bonds. The lowest BCUT2D eigenvalue weighted by molar-refractivity contribution is -0.137. The fourth-order valence-corrected chi connectivity index (χ4v) is 3.00. The Morgan fingerprint density at radius 1 is 1.00 bits per heavy atom. The van der Waals surface area contributed by atoms with E-state index in [1.807, 2.05) is 0 Å². The topological polar surface area (TPSA) is 25.2 Å². The van der Waals surface area contributed by atoms with Crippen molar-refractivity contribution in [2.24, 2.45) is 0 Å². The minimum absolute atomic E-state index is 0.0148. The molecular weight excluding hydrogens is 366 g/mol. The maximum absolute atomic E-state index is 13.0. The zero-order chi connectivity index (χ0) is 16.1. The number of hydrogen-bond acceptors (Lipinski definition) is 1. The van der Waals surface area contributed by atoms with Crippen LogP contribution in [0.2, 0.25) is 0 Å². The molecule has 0 bridgehead atoms. The summed E-state index contributed by atoms with van der Waals surface area (Å²) < 4.78 is 52.4. The average molecular weight is 374 g/mol. The highest BCUT2D eigenvalue weighted by molar-refractivity contribution is 9.10. The van der Waals surface area contributed by atoms with Crippen LogP contribution in [0.3, 0.4) is 0 Å². The molecule has 0 saturated carbocycles. The molecule has 7 heteroatoms. The molecule has 0 unspecified atom stereocenters. The molecule has 0 spiro atoms. The molecule has 3 aromatic rings. The van der Waals surface area contributed by atoms with Crippen LogP contribution >= 0.6 is 15.9 Å². The third kappa shape index (κ3) is 2.35. The van der Waals surface area contributed by atoms with Crippen LogP contribution in [0, 0.1) is 5.82 Å². The Kier molecular flexibility index (Phi) is 3.40. The molecule has 0 saturated heterocycles. The first-order valence-electron chi connectivity index (χ1n) is 6.15. The molecular formula is C15H8BrF4NO. The monoisotopic (exact) mass is 373 g/mol. The van der Waals surface area contributed by atoms with Gasteiger partial charge in [0, 0.05) is 10.9 Å². The third-order valence-corrected chi connectivity index (χ3v) is 4.13. The van der Waals surface area contributed by atoms with Gasteiger partial charge >= 0.3 is 6.18 Å². The summed E-state index contributed by atoms with van der Waals surface area (Å²) in [6.07, 6.45) is -4.50. The van der Waals surface area contributed by atoms with Gasteiger partial charge in [0.1, 0.15) is 11.5 Å². The minimum atomic E-state index is -4.50. The number of fused-ring (bicyclic) bond motifs is 1. The van der Waals surface area contributed by atoms with Gasteiger partial charge in [0.15, 0.2) is 0 Å². The number of hydrogen-bond donors (Lipinski definition) is 1. The lowest BCUT2D eigenvalue weighted by Gasteiger charge is -2.07. The van der Waals surface area contributed by atoms with Crippen LogP contribution in [0.1, 0.15) is 5.56 Å². The molecule has 0 aliphatic heterocycles. The highest BCUT2D eigenvalue weighted by atomic mass is 79.9. The predicted molar refractivity (Wildman–Crippen MR) is 77.2 cm³/mol. The van der Waals surface area contributed by atoms with Crippen LogP contribution in [0.25, 0.3) is 22.2 Å². The van der Waals surface area contributed by atoms with Crippen molar-refractivity contribution in [2.45, 2.75) is 6.18 Å². The quantitative estimate of drug-likeness (QED) is 0.444. The van der Waals surface area contributed by atoms with Crippen LogP contribution < -0.4 is 0 Å². The molecule has 3 rings (SSSR count). The van der Waals surface area contributed by atoms with E-state index < -0.39 is 17.6 Å². The Morgan fingerprint density at radius 3 is 2.23 bits per heavy atom. The summed E-state index contributed by atoms with van der Waals surface area (Å²) in [4.78, 5) is 0. The smallest absolute Gasteiger partial charge is 0.416 e. The Hall–Kier alpha value is -2.02. The maximum Gasteiger partial charge on any atom is 0.416 e. The fourth-order valence-electron chi connectivity index (χ4n) is 2.27. The van der Waals surface area contributed by atoms with E-state index >= 15 is 0 Å². The van der Waals surface area contributed by atoms with Crippen LogP contribution in [0.15, 0.2) is 46.9 Å². The molecule has 0 atom stereocenters. The van der Waals surface area contributed by atoms with Gasteiger partial charge in [-0.2, -0.15) is 17.9 Å². The fraction of sp³-hybridized carbons (Fsp3) is 0.0667. The van der Waals surface area contributed by atoms with Gasteiger partial charge in [-0.1, -0.05) is 6.07 Å². The summed E-state index contributed by atoms with van der Waals surface area (Å²) in [5.41, 5.74) is -0.109. The van der Waals surface area contributed by atoms with Crippen LogP contribution in [0.5, 0.6) is 0 Å². The summed E-state index contributed by atoms with van der Waals surface area (Å²) in [6.45, 7) is 0. The minimum Gasteiger partial charge on any atom is -0.428 e. The Bertz CT molecular complexity index is 853. The van der Waals surface area contributed by atoms with Gasteiger partial charge in [-0.05, 0) is 52.3 Å². The highest BCUT2D eigenvalue weighted by Crippen LogP contribution is 2.39. The maximum atomic E-state index is 13.0. The highest BCUT2D eigenvalue weighted by Gasteiger charge is 2.31. The van der Waals surface area contributed by atoms with Crippen LogP contribution in [-0.4, -0.2) is 9.94 Å². The van der Waals surface area contributed by atoms with Crippen molar-refractivity contribution in [2.75, 3.05) is 0 Å². The molecule has 2 aromatic carbocycles. The number of nitrogens with zero attached hydrogens (tertiary/aromatic N) is 1. The molecule has 1 heterocycles. The lowest BCUT2D eigenvalue weighted by atomic mass is 10.1. The van der Waals surface area contributed by atoms with Crippen molar-refractivity contribution >= 4 is 26.8 Å². The SMILES string of the molecule is On1c(-c2ccc(F)cc2)c(Br)c2ccc(C(F)(F)F)cc21. The largest absolute Gasteiger partial charge is 0.428 e. The first kappa shape index (κ1) is 14.9. The Labute approximate surface area is 130 Å². The Balaban J connectivity index is 2.26. The summed E-state index contributed by atoms with van der Waals surface area (Å²) in [5.74, 6) is -0.445. The van der Waals surface area contributed by atoms with Gasteiger partial charge in [0.05, 0.1) is 15.6 Å². The molecule has 22 heavy (non-hydrogen) atoms. The van der Waals surface area contributed by atoms with Crippen LogP contribution in [0.4, 0.5) is 17.6 Å². The lowest BCUT2D eigenvalue weighted by Crippen LogP contribution is -2.04. The van der Waals surface area contributed by atoms with E-state index in [1.54, 1.807) is 0 Å². The van der Waals surface area contributed by atoms with E-state index in [2.05, 4.69) is 15.9 Å². The predicted octanol–water partition coefficient (Wildman–Crippen LogP) is 5.47. The van der Waals surface area contributed by atoms with E-state index in [-0.39, 0.29) is 11.2 Å². The number of benzene rings is 2. The molecule has 0 fully saturated rings. The van der Waals surface area contributed by atoms with Crippen molar-refractivity contribution in [3.8, 4) is 11.3 Å². The second kappa shape index (κ2) is 5.01. The van der Waals surface area contributed by atoms with Crippen molar-refractivity contribution < 1.29 is 22.8 Å². The second-order valence-corrected chi connectivity index (χ2v) is 5.50. The van der Waals surface area contributed by atoms with Gasteiger partial charge in [0.2, 0.25) is 0 Å². The van der Waals surface area contributed by atoms with E-state index in [0.29, 0.717) is 20.2 Å². The van der Waals surface area contributed by atoms with E-state index in [9.17, 15) is 22.8 Å². The third-order valence-electron chi connectivity index (χ3n) is 3.33. The van der Waals surface area contributed by atoms with E-state index in [1.165, 1.54) is 30.3 Å². The zero-order valence-electron chi connectivity index (χ0n) is 10.8. The van der Waals surface area contributed by atoms with Gasteiger partial charge < -0.3 is 5.21 Å². The van der Waals surface area contributed by atoms with Crippen molar-refractivity contribution in [3.05, 3.63) is 58.3 Å². The van der Waals surface area contributed by atoms with Gasteiger partial charge in [0.25, 0.3) is 0 Å². The van der Waals surface area contributed by atoms with Gasteiger partial charge in [-0.3, -0.25) is 0 Å². The Morgan fingerprint density at radius 2 is 1.64 bits per heavy atom.